The minimum Gasteiger partial charge on any atom is -0.481 e. The molecular formula is C10H11NO2. The number of hydrogen-bond acceptors (Lipinski definition) is 2. The second-order valence-electron chi connectivity index (χ2n) is 3.30. The third-order valence-corrected chi connectivity index (χ3v) is 2.26. The molecule has 0 radical (unpaired) electrons. The molecule has 0 fully saturated rings. The molecule has 0 amide bonds. The fourth-order valence-corrected chi connectivity index (χ4v) is 1.71. The van der Waals surface area contributed by atoms with Crippen LogP contribution in [0.15, 0.2) is 24.3 Å². The lowest BCUT2D eigenvalue weighted by Crippen LogP contribution is -2.19. The third-order valence-electron chi connectivity index (χ3n) is 2.26. The first kappa shape index (κ1) is 8.10. The van der Waals surface area contributed by atoms with Crippen molar-refractivity contribution in [3.05, 3.63) is 29.8 Å². The van der Waals surface area contributed by atoms with Crippen LogP contribution in [0, 0.1) is 0 Å². The number of fused-ring (bicyclic) bond motifs is 1. The number of nitrogens with one attached hydrogen (secondary N) is 1. The number of anilines is 1. The van der Waals surface area contributed by atoms with Crippen molar-refractivity contribution >= 4 is 11.7 Å². The van der Waals surface area contributed by atoms with Gasteiger partial charge in [-0.05, 0) is 18.1 Å². The highest BCUT2D eigenvalue weighted by molar-refractivity contribution is 5.70. The second kappa shape index (κ2) is 3.09. The van der Waals surface area contributed by atoms with Crippen molar-refractivity contribution in [1.82, 2.24) is 0 Å². The smallest absolute Gasteiger partial charge is 0.305 e. The normalized spacial score (nSPS) is 19.2. The number of para-hydroxylation sites is 1. The SMILES string of the molecule is O=C(O)C[C@H]1Cc2ccccc2N1. The zero-order valence-electron chi connectivity index (χ0n) is 7.16. The molecule has 1 heterocycles. The largest absolute Gasteiger partial charge is 0.481 e. The van der Waals surface area contributed by atoms with Gasteiger partial charge in [0.05, 0.1) is 6.42 Å². The zero-order chi connectivity index (χ0) is 9.26. The molecule has 2 rings (SSSR count). The van der Waals surface area contributed by atoms with Crippen LogP contribution in [0.2, 0.25) is 0 Å². The Morgan fingerprint density at radius 3 is 3.00 bits per heavy atom. The number of rotatable bonds is 2. The number of carbonyl (C=O) groups is 1. The Labute approximate surface area is 76.4 Å². The Balaban J connectivity index is 2.09. The first-order valence-corrected chi connectivity index (χ1v) is 4.32. The molecule has 0 aromatic heterocycles. The quantitative estimate of drug-likeness (QED) is 0.719. The molecule has 0 bridgehead atoms. The van der Waals surface area contributed by atoms with Gasteiger partial charge >= 0.3 is 5.97 Å². The summed E-state index contributed by atoms with van der Waals surface area (Å²) in [5.74, 6) is -0.745. The van der Waals surface area contributed by atoms with Crippen LogP contribution < -0.4 is 5.32 Å². The van der Waals surface area contributed by atoms with Crippen molar-refractivity contribution in [2.24, 2.45) is 0 Å². The average molecular weight is 177 g/mol. The molecule has 0 unspecified atom stereocenters. The van der Waals surface area contributed by atoms with E-state index in [1.807, 2.05) is 24.3 Å². The van der Waals surface area contributed by atoms with Crippen molar-refractivity contribution in [1.29, 1.82) is 0 Å². The summed E-state index contributed by atoms with van der Waals surface area (Å²) in [5, 5.41) is 11.8. The highest BCUT2D eigenvalue weighted by Crippen LogP contribution is 2.26. The van der Waals surface area contributed by atoms with Gasteiger partial charge in [-0.3, -0.25) is 4.79 Å². The fraction of sp³-hybridized carbons (Fsp3) is 0.300. The Kier molecular flexibility index (Phi) is 1.93. The molecule has 13 heavy (non-hydrogen) atoms. The number of carboxylic acid groups (broad SMARTS) is 1. The Bertz CT molecular complexity index is 310. The summed E-state index contributed by atoms with van der Waals surface area (Å²) in [4.78, 5) is 10.5. The number of carboxylic acids is 1. The van der Waals surface area contributed by atoms with Gasteiger partial charge in [-0.25, -0.2) is 0 Å². The van der Waals surface area contributed by atoms with Crippen molar-refractivity contribution < 1.29 is 9.90 Å². The van der Waals surface area contributed by atoms with Crippen LogP contribution in [-0.2, 0) is 11.2 Å². The lowest BCUT2D eigenvalue weighted by molar-refractivity contribution is -0.137. The van der Waals surface area contributed by atoms with Gasteiger partial charge in [-0.1, -0.05) is 18.2 Å². The van der Waals surface area contributed by atoms with E-state index in [-0.39, 0.29) is 12.5 Å². The van der Waals surface area contributed by atoms with Crippen molar-refractivity contribution in [2.75, 3.05) is 5.32 Å². The number of benzene rings is 1. The number of aliphatic carboxylic acids is 1. The van der Waals surface area contributed by atoms with E-state index in [0.717, 1.165) is 12.1 Å². The molecular weight excluding hydrogens is 166 g/mol. The molecule has 68 valence electrons. The Hall–Kier alpha value is -1.51. The summed E-state index contributed by atoms with van der Waals surface area (Å²) in [7, 11) is 0. The minimum absolute atomic E-state index is 0.0647. The van der Waals surface area contributed by atoms with E-state index in [9.17, 15) is 4.79 Å². The number of hydrogen-bond donors (Lipinski definition) is 2. The fourth-order valence-electron chi connectivity index (χ4n) is 1.71. The molecule has 0 saturated carbocycles. The summed E-state index contributed by atoms with van der Waals surface area (Å²) in [6, 6.07) is 8.01. The highest BCUT2D eigenvalue weighted by Gasteiger charge is 2.21. The van der Waals surface area contributed by atoms with Crippen molar-refractivity contribution in [2.45, 2.75) is 18.9 Å². The summed E-state index contributed by atoms with van der Waals surface area (Å²) in [6.45, 7) is 0. The molecule has 3 heteroatoms. The lowest BCUT2D eigenvalue weighted by Gasteiger charge is -2.06. The van der Waals surface area contributed by atoms with Gasteiger partial charge in [0, 0.05) is 11.7 Å². The average Bonchev–Trinajstić information content (AvgIpc) is 2.44. The van der Waals surface area contributed by atoms with Crippen LogP contribution in [0.3, 0.4) is 0 Å². The maximum absolute atomic E-state index is 10.5. The van der Waals surface area contributed by atoms with Crippen LogP contribution >= 0.6 is 0 Å². The standard InChI is InChI=1S/C10H11NO2/c12-10(13)6-8-5-7-3-1-2-4-9(7)11-8/h1-4,8,11H,5-6H2,(H,12,13)/t8-/m1/s1. The van der Waals surface area contributed by atoms with Crippen molar-refractivity contribution in [3.63, 3.8) is 0 Å². The van der Waals surface area contributed by atoms with Gasteiger partial charge in [-0.2, -0.15) is 0 Å². The molecule has 0 spiro atoms. The third kappa shape index (κ3) is 1.64. The van der Waals surface area contributed by atoms with Crippen LogP contribution in [0.4, 0.5) is 5.69 Å². The van der Waals surface area contributed by atoms with Crippen LogP contribution in [-0.4, -0.2) is 17.1 Å². The van der Waals surface area contributed by atoms with Gasteiger partial charge in [0.25, 0.3) is 0 Å². The highest BCUT2D eigenvalue weighted by atomic mass is 16.4. The molecule has 2 N–H and O–H groups in total. The monoisotopic (exact) mass is 177 g/mol. The molecule has 1 aliphatic rings. The minimum atomic E-state index is -0.745. The van der Waals surface area contributed by atoms with E-state index >= 15 is 0 Å². The maximum Gasteiger partial charge on any atom is 0.305 e. The van der Waals surface area contributed by atoms with E-state index in [0.29, 0.717) is 0 Å². The molecule has 1 aromatic carbocycles. The van der Waals surface area contributed by atoms with Crippen LogP contribution in [0.25, 0.3) is 0 Å². The molecule has 1 atom stereocenters. The maximum atomic E-state index is 10.5. The summed E-state index contributed by atoms with van der Waals surface area (Å²) < 4.78 is 0. The predicted octanol–water partition coefficient (Wildman–Crippen LogP) is 1.50. The van der Waals surface area contributed by atoms with Crippen LogP contribution in [0.5, 0.6) is 0 Å². The molecule has 1 aliphatic heterocycles. The van der Waals surface area contributed by atoms with Gasteiger partial charge in [-0.15, -0.1) is 0 Å². The molecule has 0 saturated heterocycles. The van der Waals surface area contributed by atoms with E-state index in [4.69, 9.17) is 5.11 Å². The Morgan fingerprint density at radius 2 is 2.31 bits per heavy atom. The predicted molar refractivity (Wildman–Crippen MR) is 49.8 cm³/mol. The van der Waals surface area contributed by atoms with Crippen LogP contribution in [0.1, 0.15) is 12.0 Å². The van der Waals surface area contributed by atoms with Gasteiger partial charge in [0.15, 0.2) is 0 Å². The van der Waals surface area contributed by atoms with Gasteiger partial charge in [0.2, 0.25) is 0 Å². The van der Waals surface area contributed by atoms with Crippen molar-refractivity contribution in [3.8, 4) is 0 Å². The molecule has 1 aromatic rings. The van der Waals surface area contributed by atoms with Gasteiger partial charge < -0.3 is 10.4 Å². The van der Waals surface area contributed by atoms with E-state index in [1.165, 1.54) is 5.56 Å². The van der Waals surface area contributed by atoms with E-state index < -0.39 is 5.97 Å². The first-order chi connectivity index (χ1) is 6.25. The summed E-state index contributed by atoms with van der Waals surface area (Å²) >= 11 is 0. The molecule has 3 nitrogen and oxygen atoms in total. The molecule has 0 aliphatic carbocycles. The topological polar surface area (TPSA) is 49.3 Å². The van der Waals surface area contributed by atoms with Gasteiger partial charge in [0.1, 0.15) is 0 Å². The zero-order valence-corrected chi connectivity index (χ0v) is 7.16. The first-order valence-electron chi connectivity index (χ1n) is 4.32. The second-order valence-corrected chi connectivity index (χ2v) is 3.30. The van der Waals surface area contributed by atoms with E-state index in [1.54, 1.807) is 0 Å². The summed E-state index contributed by atoms with van der Waals surface area (Å²) in [5.41, 5.74) is 2.29. The lowest BCUT2D eigenvalue weighted by atomic mass is 10.1. The summed E-state index contributed by atoms with van der Waals surface area (Å²) in [6.07, 6.45) is 1.01. The van der Waals surface area contributed by atoms with E-state index in [2.05, 4.69) is 5.32 Å². The Morgan fingerprint density at radius 1 is 1.54 bits per heavy atom.